The molecule has 0 amide bonds. The molecule has 0 aliphatic heterocycles. The van der Waals surface area contributed by atoms with Gasteiger partial charge in [-0.2, -0.15) is 0 Å². The van der Waals surface area contributed by atoms with Gasteiger partial charge in [-0.05, 0) is 34.0 Å². The molecule has 0 aliphatic carbocycles. The Hall–Kier alpha value is -1.20. The van der Waals surface area contributed by atoms with Crippen LogP contribution in [-0.2, 0) is 0 Å². The summed E-state index contributed by atoms with van der Waals surface area (Å²) in [6, 6.07) is 1.89. The van der Waals surface area contributed by atoms with E-state index in [-0.39, 0.29) is 17.4 Å². The highest BCUT2D eigenvalue weighted by atomic mass is 19.1. The maximum Gasteiger partial charge on any atom is 0.165 e. The van der Waals surface area contributed by atoms with Crippen molar-refractivity contribution in [3.63, 3.8) is 0 Å². The molecule has 18 heavy (non-hydrogen) atoms. The number of ether oxygens (including phenoxy) is 1. The van der Waals surface area contributed by atoms with Crippen molar-refractivity contribution in [3.8, 4) is 5.75 Å². The van der Waals surface area contributed by atoms with E-state index in [4.69, 9.17) is 4.74 Å². The van der Waals surface area contributed by atoms with Crippen molar-refractivity contribution in [1.29, 1.82) is 0 Å². The molecular weight excluding hydrogens is 238 g/mol. The van der Waals surface area contributed by atoms with E-state index in [1.165, 1.54) is 13.2 Å². The predicted octanol–water partition coefficient (Wildman–Crippen LogP) is 2.23. The summed E-state index contributed by atoms with van der Waals surface area (Å²) >= 11 is 0. The first-order valence-corrected chi connectivity index (χ1v) is 5.76. The van der Waals surface area contributed by atoms with Crippen LogP contribution < -0.4 is 15.4 Å². The van der Waals surface area contributed by atoms with E-state index in [1.54, 1.807) is 14.1 Å². The zero-order chi connectivity index (χ0) is 13.9. The van der Waals surface area contributed by atoms with Crippen LogP contribution in [0.1, 0.15) is 25.5 Å². The number of likely N-dealkylation sites (N-methyl/N-ethyl adjacent to an activating group) is 2. The Morgan fingerprint density at radius 1 is 1.17 bits per heavy atom. The van der Waals surface area contributed by atoms with E-state index in [1.807, 2.05) is 13.8 Å². The van der Waals surface area contributed by atoms with Crippen LogP contribution in [0.2, 0.25) is 0 Å². The minimum absolute atomic E-state index is 0.0895. The molecule has 0 bridgehead atoms. The third-order valence-electron chi connectivity index (χ3n) is 3.24. The average molecular weight is 258 g/mol. The van der Waals surface area contributed by atoms with Gasteiger partial charge < -0.3 is 15.4 Å². The van der Waals surface area contributed by atoms with Crippen molar-refractivity contribution >= 4 is 0 Å². The van der Waals surface area contributed by atoms with Gasteiger partial charge in [0, 0.05) is 17.2 Å². The van der Waals surface area contributed by atoms with Crippen molar-refractivity contribution in [2.75, 3.05) is 21.2 Å². The Balaban J connectivity index is 3.27. The largest absolute Gasteiger partial charge is 0.494 e. The van der Waals surface area contributed by atoms with Crippen LogP contribution >= 0.6 is 0 Å². The summed E-state index contributed by atoms with van der Waals surface area (Å²) < 4.78 is 32.4. The fourth-order valence-electron chi connectivity index (χ4n) is 1.97. The smallest absolute Gasteiger partial charge is 0.165 e. The first kappa shape index (κ1) is 14.9. The second-order valence-corrected chi connectivity index (χ2v) is 4.70. The van der Waals surface area contributed by atoms with Gasteiger partial charge in [0.05, 0.1) is 13.2 Å². The molecule has 1 unspecified atom stereocenters. The lowest BCUT2D eigenvalue weighted by Crippen LogP contribution is -2.47. The molecule has 1 atom stereocenters. The van der Waals surface area contributed by atoms with Crippen LogP contribution in [0.3, 0.4) is 0 Å². The second kappa shape index (κ2) is 5.63. The Morgan fingerprint density at radius 2 is 1.78 bits per heavy atom. The summed E-state index contributed by atoms with van der Waals surface area (Å²) in [4.78, 5) is 0. The fourth-order valence-corrected chi connectivity index (χ4v) is 1.97. The fraction of sp³-hybridized carbons (Fsp3) is 0.538. The van der Waals surface area contributed by atoms with Gasteiger partial charge in [0.15, 0.2) is 11.6 Å². The topological polar surface area (TPSA) is 33.3 Å². The normalized spacial score (nSPS) is 13.5. The molecule has 0 radical (unpaired) electrons. The first-order valence-electron chi connectivity index (χ1n) is 5.76. The number of rotatable bonds is 5. The van der Waals surface area contributed by atoms with Gasteiger partial charge in [-0.15, -0.1) is 0 Å². The molecule has 3 nitrogen and oxygen atoms in total. The highest BCUT2D eigenvalue weighted by Crippen LogP contribution is 2.30. The summed E-state index contributed by atoms with van der Waals surface area (Å²) in [5.41, 5.74) is -0.147. The van der Waals surface area contributed by atoms with Crippen LogP contribution in [-0.4, -0.2) is 26.7 Å². The molecule has 0 saturated carbocycles. The third-order valence-corrected chi connectivity index (χ3v) is 3.24. The number of methoxy groups -OCH3 is 1. The molecule has 0 aliphatic rings. The van der Waals surface area contributed by atoms with Crippen LogP contribution in [0.5, 0.6) is 5.75 Å². The van der Waals surface area contributed by atoms with E-state index in [9.17, 15) is 8.78 Å². The number of hydrogen-bond acceptors (Lipinski definition) is 3. The lowest BCUT2D eigenvalue weighted by molar-refractivity contribution is 0.301. The molecule has 1 aromatic carbocycles. The van der Waals surface area contributed by atoms with Gasteiger partial charge in [0.25, 0.3) is 0 Å². The van der Waals surface area contributed by atoms with Crippen LogP contribution in [0.4, 0.5) is 8.78 Å². The SMILES string of the molecule is CNC(c1cc(F)c(OC)cc1F)C(C)(C)NC. The minimum Gasteiger partial charge on any atom is -0.494 e. The zero-order valence-electron chi connectivity index (χ0n) is 11.4. The van der Waals surface area contributed by atoms with Gasteiger partial charge >= 0.3 is 0 Å². The van der Waals surface area contributed by atoms with Crippen LogP contribution in [0.15, 0.2) is 12.1 Å². The highest BCUT2D eigenvalue weighted by Gasteiger charge is 2.30. The predicted molar refractivity (Wildman–Crippen MR) is 67.8 cm³/mol. The van der Waals surface area contributed by atoms with E-state index >= 15 is 0 Å². The molecule has 0 heterocycles. The lowest BCUT2D eigenvalue weighted by atomic mass is 9.88. The molecule has 0 spiro atoms. The average Bonchev–Trinajstić information content (AvgIpc) is 2.33. The van der Waals surface area contributed by atoms with Crippen molar-refractivity contribution in [2.45, 2.75) is 25.4 Å². The van der Waals surface area contributed by atoms with Gasteiger partial charge in [-0.25, -0.2) is 8.78 Å². The van der Waals surface area contributed by atoms with Gasteiger partial charge in [0.1, 0.15) is 5.82 Å². The summed E-state index contributed by atoms with van der Waals surface area (Å²) in [7, 11) is 4.80. The third kappa shape index (κ3) is 2.79. The maximum absolute atomic E-state index is 14.0. The Morgan fingerprint density at radius 3 is 2.22 bits per heavy atom. The van der Waals surface area contributed by atoms with E-state index in [0.29, 0.717) is 0 Å². The quantitative estimate of drug-likeness (QED) is 0.849. The molecule has 1 rings (SSSR count). The number of nitrogens with one attached hydrogen (secondary N) is 2. The molecule has 0 aromatic heterocycles. The van der Waals surface area contributed by atoms with Crippen molar-refractivity contribution < 1.29 is 13.5 Å². The Bertz CT molecular complexity index is 422. The van der Waals surface area contributed by atoms with Gasteiger partial charge in [-0.3, -0.25) is 0 Å². The standard InChI is InChI=1S/C13H20F2N2O/c1-13(2,17-4)12(16-3)8-6-10(15)11(18-5)7-9(8)14/h6-7,12,16-17H,1-5H3. The first-order chi connectivity index (χ1) is 8.37. The molecular formula is C13H20F2N2O. The van der Waals surface area contributed by atoms with Crippen LogP contribution in [0, 0.1) is 11.6 Å². The van der Waals surface area contributed by atoms with Gasteiger partial charge in [-0.1, -0.05) is 0 Å². The highest BCUT2D eigenvalue weighted by molar-refractivity contribution is 5.34. The van der Waals surface area contributed by atoms with Crippen molar-refractivity contribution in [3.05, 3.63) is 29.3 Å². The number of halogens is 2. The summed E-state index contributed by atoms with van der Waals surface area (Å²) in [6.07, 6.45) is 0. The van der Waals surface area contributed by atoms with Crippen molar-refractivity contribution in [2.24, 2.45) is 0 Å². The molecule has 5 heteroatoms. The number of hydrogen-bond donors (Lipinski definition) is 2. The molecule has 0 saturated heterocycles. The van der Waals surface area contributed by atoms with E-state index in [0.717, 1.165) is 6.07 Å². The van der Waals surface area contributed by atoms with E-state index in [2.05, 4.69) is 10.6 Å². The lowest BCUT2D eigenvalue weighted by Gasteiger charge is -2.34. The molecule has 1 aromatic rings. The van der Waals surface area contributed by atoms with Gasteiger partial charge in [0.2, 0.25) is 0 Å². The summed E-state index contributed by atoms with van der Waals surface area (Å²) in [6.45, 7) is 3.82. The molecule has 2 N–H and O–H groups in total. The minimum atomic E-state index is -0.568. The zero-order valence-corrected chi connectivity index (χ0v) is 11.4. The Kier molecular flexibility index (Phi) is 4.65. The number of benzene rings is 1. The van der Waals surface area contributed by atoms with Crippen LogP contribution in [0.25, 0.3) is 0 Å². The maximum atomic E-state index is 14.0. The summed E-state index contributed by atoms with van der Waals surface area (Å²) in [5.74, 6) is -1.15. The monoisotopic (exact) mass is 258 g/mol. The second-order valence-electron chi connectivity index (χ2n) is 4.70. The Labute approximate surface area is 107 Å². The van der Waals surface area contributed by atoms with Crippen molar-refractivity contribution in [1.82, 2.24) is 10.6 Å². The molecule has 102 valence electrons. The summed E-state index contributed by atoms with van der Waals surface area (Å²) in [5, 5.41) is 6.09. The van der Waals surface area contributed by atoms with E-state index < -0.39 is 17.2 Å². The molecule has 0 fully saturated rings.